The van der Waals surface area contributed by atoms with Crippen molar-refractivity contribution in [1.82, 2.24) is 24.8 Å². The van der Waals surface area contributed by atoms with Gasteiger partial charge in [0.2, 0.25) is 0 Å². The van der Waals surface area contributed by atoms with Gasteiger partial charge in [0, 0.05) is 19.5 Å². The molecule has 0 radical (unpaired) electrons. The summed E-state index contributed by atoms with van der Waals surface area (Å²) in [6, 6.07) is 1.82. The number of hydrogen-bond donors (Lipinski definition) is 1. The van der Waals surface area contributed by atoms with Gasteiger partial charge in [0.25, 0.3) is 0 Å². The standard InChI is InChI=1S/C10H13N5O3/c1-18-7-8-9(10(16)17)12-13-15(8)6-5-14-4-2-3-11-14/h2-4H,5-7H2,1H3,(H,16,17). The smallest absolute Gasteiger partial charge is 0.358 e. The van der Waals surface area contributed by atoms with E-state index in [0.29, 0.717) is 18.8 Å². The highest BCUT2D eigenvalue weighted by Crippen LogP contribution is 2.07. The minimum absolute atomic E-state index is 0.0719. The van der Waals surface area contributed by atoms with Crippen LogP contribution in [0.2, 0.25) is 0 Å². The van der Waals surface area contributed by atoms with Gasteiger partial charge in [0.1, 0.15) is 0 Å². The number of carbonyl (C=O) groups is 1. The molecule has 0 unspecified atom stereocenters. The summed E-state index contributed by atoms with van der Waals surface area (Å²) in [4.78, 5) is 11.0. The van der Waals surface area contributed by atoms with Gasteiger partial charge in [-0.2, -0.15) is 5.10 Å². The molecule has 2 rings (SSSR count). The van der Waals surface area contributed by atoms with Gasteiger partial charge in [-0.1, -0.05) is 5.21 Å². The highest BCUT2D eigenvalue weighted by atomic mass is 16.5. The van der Waals surface area contributed by atoms with E-state index < -0.39 is 5.97 Å². The molecule has 0 amide bonds. The van der Waals surface area contributed by atoms with E-state index in [0.717, 1.165) is 0 Å². The Bertz CT molecular complexity index is 520. The Balaban J connectivity index is 2.14. The minimum Gasteiger partial charge on any atom is -0.476 e. The van der Waals surface area contributed by atoms with E-state index in [1.807, 2.05) is 12.3 Å². The van der Waals surface area contributed by atoms with Crippen LogP contribution >= 0.6 is 0 Å². The average Bonchev–Trinajstić information content (AvgIpc) is 2.95. The molecule has 2 heterocycles. The Hall–Kier alpha value is -2.22. The average molecular weight is 251 g/mol. The topological polar surface area (TPSA) is 95.1 Å². The lowest BCUT2D eigenvalue weighted by molar-refractivity contribution is 0.0684. The molecule has 0 saturated carbocycles. The van der Waals surface area contributed by atoms with Gasteiger partial charge in [0.15, 0.2) is 5.69 Å². The third-order valence-corrected chi connectivity index (χ3v) is 2.42. The van der Waals surface area contributed by atoms with Crippen molar-refractivity contribution < 1.29 is 14.6 Å². The third kappa shape index (κ3) is 2.54. The normalized spacial score (nSPS) is 10.7. The Morgan fingerprint density at radius 2 is 2.33 bits per heavy atom. The van der Waals surface area contributed by atoms with Crippen molar-refractivity contribution in [3.8, 4) is 0 Å². The number of hydrogen-bond acceptors (Lipinski definition) is 5. The van der Waals surface area contributed by atoms with Crippen LogP contribution in [0.15, 0.2) is 18.5 Å². The molecular weight excluding hydrogens is 238 g/mol. The lowest BCUT2D eigenvalue weighted by atomic mass is 10.3. The molecule has 0 aliphatic carbocycles. The van der Waals surface area contributed by atoms with Gasteiger partial charge in [-0.25, -0.2) is 9.48 Å². The van der Waals surface area contributed by atoms with E-state index in [2.05, 4.69) is 15.4 Å². The van der Waals surface area contributed by atoms with Gasteiger partial charge >= 0.3 is 5.97 Å². The van der Waals surface area contributed by atoms with Crippen LogP contribution in [0.4, 0.5) is 0 Å². The zero-order valence-corrected chi connectivity index (χ0v) is 9.85. The van der Waals surface area contributed by atoms with Gasteiger partial charge < -0.3 is 9.84 Å². The molecule has 0 aromatic carbocycles. The predicted octanol–water partition coefficient (Wildman–Crippen LogP) is 0.0194. The zero-order valence-electron chi connectivity index (χ0n) is 9.85. The minimum atomic E-state index is -1.10. The quantitative estimate of drug-likeness (QED) is 0.777. The van der Waals surface area contributed by atoms with Crippen molar-refractivity contribution in [2.24, 2.45) is 0 Å². The molecule has 0 fully saturated rings. The SMILES string of the molecule is COCc1c(C(=O)O)nnn1CCn1cccn1. The van der Waals surface area contributed by atoms with Crippen LogP contribution in [0, 0.1) is 0 Å². The third-order valence-electron chi connectivity index (χ3n) is 2.42. The number of ether oxygens (including phenoxy) is 1. The summed E-state index contributed by atoms with van der Waals surface area (Å²) in [5.74, 6) is -1.10. The Morgan fingerprint density at radius 1 is 1.50 bits per heavy atom. The number of aryl methyl sites for hydroxylation is 2. The molecule has 0 bridgehead atoms. The lowest BCUT2D eigenvalue weighted by Gasteiger charge is -2.06. The van der Waals surface area contributed by atoms with Crippen molar-refractivity contribution in [3.63, 3.8) is 0 Å². The highest BCUT2D eigenvalue weighted by molar-refractivity contribution is 5.86. The van der Waals surface area contributed by atoms with Gasteiger partial charge in [0.05, 0.1) is 25.4 Å². The summed E-state index contributed by atoms with van der Waals surface area (Å²) in [6.45, 7) is 1.24. The molecule has 0 saturated heterocycles. The van der Waals surface area contributed by atoms with E-state index in [1.165, 1.54) is 11.8 Å². The maximum atomic E-state index is 11.0. The molecule has 0 aliphatic rings. The van der Waals surface area contributed by atoms with Gasteiger partial charge in [-0.05, 0) is 6.07 Å². The van der Waals surface area contributed by atoms with Gasteiger partial charge in [-0.3, -0.25) is 4.68 Å². The molecule has 96 valence electrons. The van der Waals surface area contributed by atoms with Crippen LogP contribution in [-0.4, -0.2) is 43.0 Å². The van der Waals surface area contributed by atoms with Crippen molar-refractivity contribution in [2.75, 3.05) is 7.11 Å². The Morgan fingerprint density at radius 3 is 2.94 bits per heavy atom. The number of nitrogens with zero attached hydrogens (tertiary/aromatic N) is 5. The van der Waals surface area contributed by atoms with Crippen molar-refractivity contribution in [1.29, 1.82) is 0 Å². The second-order valence-corrected chi connectivity index (χ2v) is 3.62. The largest absolute Gasteiger partial charge is 0.476 e. The number of aromatic nitrogens is 5. The maximum Gasteiger partial charge on any atom is 0.358 e. The first-order valence-electron chi connectivity index (χ1n) is 5.34. The predicted molar refractivity (Wildman–Crippen MR) is 59.9 cm³/mol. The van der Waals surface area contributed by atoms with Crippen molar-refractivity contribution >= 4 is 5.97 Å². The first-order chi connectivity index (χ1) is 8.72. The monoisotopic (exact) mass is 251 g/mol. The lowest BCUT2D eigenvalue weighted by Crippen LogP contribution is -2.13. The number of rotatable bonds is 6. The summed E-state index contributed by atoms with van der Waals surface area (Å²) in [7, 11) is 1.50. The summed E-state index contributed by atoms with van der Waals surface area (Å²) >= 11 is 0. The molecule has 0 atom stereocenters. The van der Waals surface area contributed by atoms with Crippen LogP contribution in [-0.2, 0) is 24.4 Å². The molecule has 2 aromatic rings. The van der Waals surface area contributed by atoms with Crippen molar-refractivity contribution in [3.05, 3.63) is 29.8 Å². The van der Waals surface area contributed by atoms with E-state index in [-0.39, 0.29) is 12.3 Å². The number of carboxylic acid groups (broad SMARTS) is 1. The summed E-state index contributed by atoms with van der Waals surface area (Å²) < 4.78 is 8.23. The number of carboxylic acids is 1. The maximum absolute atomic E-state index is 11.0. The van der Waals surface area contributed by atoms with E-state index in [4.69, 9.17) is 9.84 Å². The molecule has 8 heteroatoms. The first kappa shape index (κ1) is 12.2. The highest BCUT2D eigenvalue weighted by Gasteiger charge is 2.18. The molecule has 1 N–H and O–H groups in total. The fourth-order valence-corrected chi connectivity index (χ4v) is 1.59. The molecule has 2 aromatic heterocycles. The molecular formula is C10H13N5O3. The summed E-state index contributed by atoms with van der Waals surface area (Å²) in [5.41, 5.74) is 0.384. The van der Waals surface area contributed by atoms with Crippen LogP contribution in [0.1, 0.15) is 16.2 Å². The second-order valence-electron chi connectivity index (χ2n) is 3.62. The van der Waals surface area contributed by atoms with E-state index in [1.54, 1.807) is 10.9 Å². The molecule has 0 aliphatic heterocycles. The fraction of sp³-hybridized carbons (Fsp3) is 0.400. The second kappa shape index (κ2) is 5.41. The zero-order chi connectivity index (χ0) is 13.0. The van der Waals surface area contributed by atoms with Crippen molar-refractivity contribution in [2.45, 2.75) is 19.7 Å². The summed E-state index contributed by atoms with van der Waals surface area (Å²) in [6.07, 6.45) is 3.51. The fourth-order valence-electron chi connectivity index (χ4n) is 1.59. The Labute approximate surface area is 103 Å². The van der Waals surface area contributed by atoms with Crippen LogP contribution in [0.5, 0.6) is 0 Å². The van der Waals surface area contributed by atoms with E-state index >= 15 is 0 Å². The Kier molecular flexibility index (Phi) is 3.68. The van der Waals surface area contributed by atoms with Gasteiger partial charge in [-0.15, -0.1) is 5.10 Å². The molecule has 8 nitrogen and oxygen atoms in total. The van der Waals surface area contributed by atoms with Crippen LogP contribution in [0.25, 0.3) is 0 Å². The molecule has 18 heavy (non-hydrogen) atoms. The number of aromatic carboxylic acids is 1. The first-order valence-corrected chi connectivity index (χ1v) is 5.34. The summed E-state index contributed by atoms with van der Waals surface area (Å²) in [5, 5.41) is 20.5. The van der Waals surface area contributed by atoms with Crippen LogP contribution in [0.3, 0.4) is 0 Å². The van der Waals surface area contributed by atoms with Crippen LogP contribution < -0.4 is 0 Å². The molecule has 0 spiro atoms. The number of methoxy groups -OCH3 is 1. The van der Waals surface area contributed by atoms with E-state index in [9.17, 15) is 4.79 Å².